The summed E-state index contributed by atoms with van der Waals surface area (Å²) < 4.78 is 7.13. The van der Waals surface area contributed by atoms with Crippen LogP contribution in [-0.2, 0) is 0 Å². The Bertz CT molecular complexity index is 3530. The first-order valence-corrected chi connectivity index (χ1v) is 19.9. The molecule has 0 aliphatic rings. The number of hydrogen-bond acceptors (Lipinski definition) is 4. The Kier molecular flexibility index (Phi) is 7.50. The van der Waals surface area contributed by atoms with Crippen molar-refractivity contribution in [3.63, 3.8) is 0 Å². The minimum absolute atomic E-state index is 0.557. The van der Waals surface area contributed by atoms with Gasteiger partial charge in [0.1, 0.15) is 11.2 Å². The van der Waals surface area contributed by atoms with E-state index in [2.05, 4.69) is 200 Å². The third-order valence-corrected chi connectivity index (χ3v) is 11.6. The molecule has 2 aromatic heterocycles. The topological polar surface area (TPSA) is 51.8 Å². The van der Waals surface area contributed by atoms with Gasteiger partial charge in [-0.05, 0) is 96.2 Å². The van der Waals surface area contributed by atoms with E-state index in [1.807, 2.05) is 0 Å². The summed E-state index contributed by atoms with van der Waals surface area (Å²) in [6.45, 7) is 0. The first kappa shape index (κ1) is 33.2. The number of nitrogens with zero attached hydrogens (tertiary/aromatic N) is 3. The molecule has 0 radical (unpaired) electrons. The lowest BCUT2D eigenvalue weighted by molar-refractivity contribution is 0.671. The van der Waals surface area contributed by atoms with Gasteiger partial charge in [-0.15, -0.1) is 0 Å². The van der Waals surface area contributed by atoms with Gasteiger partial charge in [-0.3, -0.25) is 0 Å². The maximum absolute atomic E-state index is 7.13. The molecule has 12 rings (SSSR count). The molecule has 10 aromatic carbocycles. The standard InChI is InChI=1S/C55H33N3O/c1-2-11-34(12-3-1)39-23-24-41-30-43(26-25-40(41)29-39)50-46-18-9-8-17-42(46)33-49-47-19-10-20-48(51(47)59-52(49)50)55-57-53(44-27-21-35-13-4-6-15-37(35)31-44)56-54(58-55)45-28-22-36-14-5-7-16-38(36)32-45/h1-33H. The van der Waals surface area contributed by atoms with Gasteiger partial charge in [0.05, 0.1) is 5.56 Å². The van der Waals surface area contributed by atoms with Gasteiger partial charge < -0.3 is 4.42 Å². The second-order valence-corrected chi connectivity index (χ2v) is 15.2. The first-order valence-electron chi connectivity index (χ1n) is 19.9. The average Bonchev–Trinajstić information content (AvgIpc) is 3.68. The van der Waals surface area contributed by atoms with Crippen molar-refractivity contribution in [1.82, 2.24) is 15.0 Å². The molecule has 0 amide bonds. The maximum Gasteiger partial charge on any atom is 0.167 e. The molecule has 0 fully saturated rings. The van der Waals surface area contributed by atoms with Crippen LogP contribution in [0.1, 0.15) is 0 Å². The number of fused-ring (bicyclic) bond motifs is 7. The summed E-state index contributed by atoms with van der Waals surface area (Å²) in [5.74, 6) is 1.77. The highest BCUT2D eigenvalue weighted by Gasteiger charge is 2.21. The van der Waals surface area contributed by atoms with E-state index in [-0.39, 0.29) is 0 Å². The number of benzene rings is 10. The van der Waals surface area contributed by atoms with E-state index in [0.29, 0.717) is 17.5 Å². The lowest BCUT2D eigenvalue weighted by atomic mass is 9.93. The zero-order chi connectivity index (χ0) is 38.9. The number of furan rings is 1. The summed E-state index contributed by atoms with van der Waals surface area (Å²) in [7, 11) is 0. The Morgan fingerprint density at radius 3 is 1.46 bits per heavy atom. The van der Waals surface area contributed by atoms with Crippen molar-refractivity contribution in [2.75, 3.05) is 0 Å². The molecule has 4 heteroatoms. The van der Waals surface area contributed by atoms with Crippen LogP contribution in [0.15, 0.2) is 205 Å². The molecule has 0 bridgehead atoms. The Balaban J connectivity index is 1.07. The van der Waals surface area contributed by atoms with Gasteiger partial charge in [0, 0.05) is 27.5 Å². The smallest absolute Gasteiger partial charge is 0.167 e. The molecular weight excluding hydrogens is 719 g/mol. The maximum atomic E-state index is 7.13. The van der Waals surface area contributed by atoms with Gasteiger partial charge in [0.2, 0.25) is 0 Å². The summed E-state index contributed by atoms with van der Waals surface area (Å²) in [4.78, 5) is 15.5. The minimum atomic E-state index is 0.557. The number of rotatable bonds is 5. The second kappa shape index (κ2) is 13.3. The summed E-state index contributed by atoms with van der Waals surface area (Å²) in [5, 5.41) is 11.3. The molecule has 274 valence electrons. The highest BCUT2D eigenvalue weighted by atomic mass is 16.3. The van der Waals surface area contributed by atoms with Crippen LogP contribution >= 0.6 is 0 Å². The fraction of sp³-hybridized carbons (Fsp3) is 0. The van der Waals surface area contributed by atoms with E-state index in [1.54, 1.807) is 0 Å². The zero-order valence-electron chi connectivity index (χ0n) is 31.8. The van der Waals surface area contributed by atoms with Crippen LogP contribution in [0.2, 0.25) is 0 Å². The van der Waals surface area contributed by atoms with Gasteiger partial charge in [-0.25, -0.2) is 15.0 Å². The van der Waals surface area contributed by atoms with E-state index in [1.165, 1.54) is 32.7 Å². The number of para-hydroxylation sites is 1. The van der Waals surface area contributed by atoms with Crippen LogP contribution in [0.25, 0.3) is 121 Å². The van der Waals surface area contributed by atoms with E-state index in [9.17, 15) is 0 Å². The lowest BCUT2D eigenvalue weighted by Gasteiger charge is -2.11. The van der Waals surface area contributed by atoms with Crippen molar-refractivity contribution in [2.24, 2.45) is 0 Å². The fourth-order valence-corrected chi connectivity index (χ4v) is 8.68. The largest absolute Gasteiger partial charge is 0.455 e. The van der Waals surface area contributed by atoms with Gasteiger partial charge in [-0.2, -0.15) is 0 Å². The molecule has 0 spiro atoms. The zero-order valence-corrected chi connectivity index (χ0v) is 31.8. The van der Waals surface area contributed by atoms with Crippen LogP contribution < -0.4 is 0 Å². The van der Waals surface area contributed by atoms with E-state index in [4.69, 9.17) is 19.4 Å². The van der Waals surface area contributed by atoms with Crippen LogP contribution in [-0.4, -0.2) is 15.0 Å². The quantitative estimate of drug-likeness (QED) is 0.176. The number of hydrogen-bond donors (Lipinski definition) is 0. The Morgan fingerprint density at radius 1 is 0.271 bits per heavy atom. The van der Waals surface area contributed by atoms with E-state index >= 15 is 0 Å². The van der Waals surface area contributed by atoms with E-state index in [0.717, 1.165) is 71.3 Å². The monoisotopic (exact) mass is 751 g/mol. The summed E-state index contributed by atoms with van der Waals surface area (Å²) >= 11 is 0. The van der Waals surface area contributed by atoms with Gasteiger partial charge in [0.25, 0.3) is 0 Å². The summed E-state index contributed by atoms with van der Waals surface area (Å²) in [5.41, 5.74) is 8.82. The van der Waals surface area contributed by atoms with Crippen molar-refractivity contribution in [2.45, 2.75) is 0 Å². The molecule has 0 aliphatic carbocycles. The summed E-state index contributed by atoms with van der Waals surface area (Å²) in [6, 6.07) is 70.6. The molecular formula is C55H33N3O. The fourth-order valence-electron chi connectivity index (χ4n) is 8.68. The Labute approximate surface area is 339 Å². The molecule has 59 heavy (non-hydrogen) atoms. The summed E-state index contributed by atoms with van der Waals surface area (Å²) in [6.07, 6.45) is 0. The number of aromatic nitrogens is 3. The molecule has 2 heterocycles. The highest BCUT2D eigenvalue weighted by molar-refractivity contribution is 6.20. The predicted octanol–water partition coefficient (Wildman–Crippen LogP) is 14.7. The van der Waals surface area contributed by atoms with Crippen LogP contribution in [0.3, 0.4) is 0 Å². The molecule has 12 aromatic rings. The predicted molar refractivity (Wildman–Crippen MR) is 244 cm³/mol. The highest BCUT2D eigenvalue weighted by Crippen LogP contribution is 2.44. The van der Waals surface area contributed by atoms with Crippen LogP contribution in [0.4, 0.5) is 0 Å². The average molecular weight is 752 g/mol. The molecule has 0 atom stereocenters. The molecule has 0 saturated carbocycles. The third kappa shape index (κ3) is 5.65. The molecule has 0 aliphatic heterocycles. The Hall–Kier alpha value is -7.95. The van der Waals surface area contributed by atoms with Crippen molar-refractivity contribution in [3.05, 3.63) is 200 Å². The Morgan fingerprint density at radius 2 is 0.763 bits per heavy atom. The normalized spacial score (nSPS) is 11.7. The SMILES string of the molecule is c1ccc(-c2ccc3cc(-c4c5ccccc5cc5c4oc4c(-c6nc(-c7ccc8ccccc8c7)nc(-c7ccc8ccccc8c7)n6)cccc45)ccc3c2)cc1. The first-order chi connectivity index (χ1) is 29.2. The minimum Gasteiger partial charge on any atom is -0.455 e. The molecule has 0 unspecified atom stereocenters. The second-order valence-electron chi connectivity index (χ2n) is 15.2. The van der Waals surface area contributed by atoms with Crippen molar-refractivity contribution in [1.29, 1.82) is 0 Å². The van der Waals surface area contributed by atoms with Crippen molar-refractivity contribution in [3.8, 4) is 56.4 Å². The third-order valence-electron chi connectivity index (χ3n) is 11.6. The van der Waals surface area contributed by atoms with Crippen molar-refractivity contribution < 1.29 is 4.42 Å². The van der Waals surface area contributed by atoms with Gasteiger partial charge >= 0.3 is 0 Å². The molecule has 0 saturated heterocycles. The van der Waals surface area contributed by atoms with Crippen LogP contribution in [0, 0.1) is 0 Å². The molecule has 4 nitrogen and oxygen atoms in total. The van der Waals surface area contributed by atoms with Crippen LogP contribution in [0.5, 0.6) is 0 Å². The van der Waals surface area contributed by atoms with Gasteiger partial charge in [-0.1, -0.05) is 164 Å². The van der Waals surface area contributed by atoms with Crippen molar-refractivity contribution >= 4 is 65.0 Å². The van der Waals surface area contributed by atoms with Gasteiger partial charge in [0.15, 0.2) is 17.5 Å². The molecule has 0 N–H and O–H groups in total. The lowest BCUT2D eigenvalue weighted by Crippen LogP contribution is -2.00. The van der Waals surface area contributed by atoms with E-state index < -0.39 is 0 Å².